The summed E-state index contributed by atoms with van der Waals surface area (Å²) < 4.78 is 0. The van der Waals surface area contributed by atoms with Crippen molar-refractivity contribution < 1.29 is 4.79 Å². The summed E-state index contributed by atoms with van der Waals surface area (Å²) in [5.41, 5.74) is 6.93. The summed E-state index contributed by atoms with van der Waals surface area (Å²) in [5, 5.41) is 1.51. The minimum absolute atomic E-state index is 0.200. The first-order chi connectivity index (χ1) is 10.1. The predicted molar refractivity (Wildman–Crippen MR) is 86.7 cm³/mol. The molecule has 2 aromatic rings. The molecule has 3 nitrogen and oxygen atoms in total. The molecule has 0 aliphatic heterocycles. The summed E-state index contributed by atoms with van der Waals surface area (Å²) in [6.45, 7) is 0. The van der Waals surface area contributed by atoms with Crippen LogP contribution in [-0.2, 0) is 0 Å². The van der Waals surface area contributed by atoms with Crippen molar-refractivity contribution in [3.63, 3.8) is 0 Å². The molecule has 1 unspecified atom stereocenters. The van der Waals surface area contributed by atoms with Crippen molar-refractivity contribution in [1.82, 2.24) is 4.98 Å². The third-order valence-electron chi connectivity index (χ3n) is 3.26. The highest BCUT2D eigenvalue weighted by Gasteiger charge is 2.21. The van der Waals surface area contributed by atoms with E-state index in [1.54, 1.807) is 12.1 Å². The molecule has 21 heavy (non-hydrogen) atoms. The third-order valence-corrected chi connectivity index (χ3v) is 4.70. The molecule has 1 heterocycles. The van der Waals surface area contributed by atoms with Gasteiger partial charge in [-0.2, -0.15) is 0 Å². The predicted octanol–water partition coefficient (Wildman–Crippen LogP) is 4.16. The van der Waals surface area contributed by atoms with Crippen molar-refractivity contribution in [2.24, 2.45) is 5.73 Å². The zero-order chi connectivity index (χ0) is 14.8. The lowest BCUT2D eigenvalue weighted by Crippen LogP contribution is -2.10. The fourth-order valence-electron chi connectivity index (χ4n) is 2.26. The van der Waals surface area contributed by atoms with Crippen molar-refractivity contribution in [3.05, 3.63) is 63.5 Å². The topological polar surface area (TPSA) is 56.0 Å². The van der Waals surface area contributed by atoms with Crippen LogP contribution in [0.15, 0.2) is 48.6 Å². The molecular weight excluding hydrogens is 304 g/mol. The lowest BCUT2D eigenvalue weighted by atomic mass is 10.0. The average molecular weight is 317 g/mol. The van der Waals surface area contributed by atoms with Gasteiger partial charge in [-0.05, 0) is 18.6 Å². The molecule has 1 aliphatic carbocycles. The standard InChI is InChI=1S/C16H13ClN2OS/c17-12-8-4-7-11(9-12)13-14(15(18)20)21-16(19-13)10-5-2-1-3-6-10/h1-5,7-10H,6H2,(H2,18,20). The number of nitrogens with two attached hydrogens (primary N) is 1. The molecule has 1 aromatic carbocycles. The Bertz CT molecular complexity index is 748. The van der Waals surface area contributed by atoms with E-state index in [-0.39, 0.29) is 5.92 Å². The Kier molecular flexibility index (Phi) is 3.90. The van der Waals surface area contributed by atoms with Crippen LogP contribution >= 0.6 is 22.9 Å². The highest BCUT2D eigenvalue weighted by molar-refractivity contribution is 7.14. The number of aromatic nitrogens is 1. The highest BCUT2D eigenvalue weighted by atomic mass is 35.5. The Balaban J connectivity index is 2.07. The van der Waals surface area contributed by atoms with Gasteiger partial charge in [-0.1, -0.05) is 48.0 Å². The number of rotatable bonds is 3. The van der Waals surface area contributed by atoms with Gasteiger partial charge in [0.05, 0.1) is 5.69 Å². The van der Waals surface area contributed by atoms with Crippen molar-refractivity contribution in [3.8, 4) is 11.3 Å². The molecule has 0 fully saturated rings. The number of amides is 1. The minimum Gasteiger partial charge on any atom is -0.365 e. The molecule has 2 N–H and O–H groups in total. The van der Waals surface area contributed by atoms with Crippen LogP contribution in [0.4, 0.5) is 0 Å². The molecule has 0 bridgehead atoms. The van der Waals surface area contributed by atoms with Gasteiger partial charge in [0, 0.05) is 16.5 Å². The van der Waals surface area contributed by atoms with E-state index >= 15 is 0 Å². The summed E-state index contributed by atoms with van der Waals surface area (Å²) in [5.74, 6) is -0.255. The first kappa shape index (κ1) is 14.0. The number of halogens is 1. The number of benzene rings is 1. The van der Waals surface area contributed by atoms with Gasteiger partial charge in [-0.25, -0.2) is 4.98 Å². The van der Waals surface area contributed by atoms with Crippen LogP contribution < -0.4 is 5.73 Å². The second-order valence-electron chi connectivity index (χ2n) is 4.76. The van der Waals surface area contributed by atoms with Gasteiger partial charge < -0.3 is 5.73 Å². The van der Waals surface area contributed by atoms with Crippen LogP contribution in [0.3, 0.4) is 0 Å². The van der Waals surface area contributed by atoms with Gasteiger partial charge in [0.25, 0.3) is 5.91 Å². The first-order valence-corrected chi connectivity index (χ1v) is 7.74. The molecule has 0 saturated carbocycles. The van der Waals surface area contributed by atoms with E-state index in [2.05, 4.69) is 17.1 Å². The zero-order valence-corrected chi connectivity index (χ0v) is 12.7. The lowest BCUT2D eigenvalue weighted by molar-refractivity contribution is 0.100. The van der Waals surface area contributed by atoms with E-state index in [1.807, 2.05) is 24.3 Å². The summed E-state index contributed by atoms with van der Waals surface area (Å²) in [7, 11) is 0. The molecule has 5 heteroatoms. The summed E-state index contributed by atoms with van der Waals surface area (Å²) in [6.07, 6.45) is 9.08. The smallest absolute Gasteiger partial charge is 0.261 e. The fourth-order valence-corrected chi connectivity index (χ4v) is 3.48. The molecule has 3 rings (SSSR count). The SMILES string of the molecule is NC(=O)c1sc(C2C=CC=CC2)nc1-c1cccc(Cl)c1. The lowest BCUT2D eigenvalue weighted by Gasteiger charge is -2.08. The molecule has 1 amide bonds. The molecule has 0 radical (unpaired) electrons. The number of primary amides is 1. The average Bonchev–Trinajstić information content (AvgIpc) is 2.93. The second kappa shape index (κ2) is 5.84. The largest absolute Gasteiger partial charge is 0.365 e. The minimum atomic E-state index is -0.455. The van der Waals surface area contributed by atoms with Gasteiger partial charge in [0.1, 0.15) is 9.88 Å². The Hall–Kier alpha value is -1.91. The number of hydrogen-bond donors (Lipinski definition) is 1. The van der Waals surface area contributed by atoms with Gasteiger partial charge in [-0.3, -0.25) is 4.79 Å². The van der Waals surface area contributed by atoms with E-state index in [1.165, 1.54) is 11.3 Å². The van der Waals surface area contributed by atoms with Crippen molar-refractivity contribution in [1.29, 1.82) is 0 Å². The second-order valence-corrected chi connectivity index (χ2v) is 6.23. The first-order valence-electron chi connectivity index (χ1n) is 6.55. The maximum atomic E-state index is 11.7. The molecule has 106 valence electrons. The number of allylic oxidation sites excluding steroid dienone is 4. The van der Waals surface area contributed by atoms with Gasteiger partial charge >= 0.3 is 0 Å². The van der Waals surface area contributed by atoms with Gasteiger partial charge in [0.2, 0.25) is 0 Å². The number of carbonyl (C=O) groups is 1. The Morgan fingerprint density at radius 2 is 2.24 bits per heavy atom. The van der Waals surface area contributed by atoms with E-state index in [0.717, 1.165) is 17.0 Å². The van der Waals surface area contributed by atoms with Gasteiger partial charge in [-0.15, -0.1) is 11.3 Å². The van der Waals surface area contributed by atoms with E-state index < -0.39 is 5.91 Å². The van der Waals surface area contributed by atoms with E-state index in [9.17, 15) is 4.79 Å². The maximum Gasteiger partial charge on any atom is 0.261 e. The highest BCUT2D eigenvalue weighted by Crippen LogP contribution is 2.35. The molecule has 0 spiro atoms. The van der Waals surface area contributed by atoms with Crippen LogP contribution in [0.2, 0.25) is 5.02 Å². The number of thiazole rings is 1. The Labute approximate surface area is 131 Å². The van der Waals surface area contributed by atoms with Crippen LogP contribution in [0.1, 0.15) is 27.0 Å². The van der Waals surface area contributed by atoms with Crippen molar-refractivity contribution in [2.75, 3.05) is 0 Å². The van der Waals surface area contributed by atoms with E-state index in [4.69, 9.17) is 17.3 Å². The van der Waals surface area contributed by atoms with Crippen LogP contribution in [-0.4, -0.2) is 10.9 Å². The number of nitrogens with zero attached hydrogens (tertiary/aromatic N) is 1. The van der Waals surface area contributed by atoms with Crippen molar-refractivity contribution in [2.45, 2.75) is 12.3 Å². The molecule has 1 aliphatic rings. The number of hydrogen-bond acceptors (Lipinski definition) is 3. The molecular formula is C16H13ClN2OS. The number of carbonyl (C=O) groups excluding carboxylic acids is 1. The van der Waals surface area contributed by atoms with Crippen molar-refractivity contribution >= 4 is 28.8 Å². The molecule has 1 atom stereocenters. The Morgan fingerprint density at radius 3 is 2.90 bits per heavy atom. The quantitative estimate of drug-likeness (QED) is 0.924. The van der Waals surface area contributed by atoms with Crippen LogP contribution in [0, 0.1) is 0 Å². The zero-order valence-electron chi connectivity index (χ0n) is 11.1. The maximum absolute atomic E-state index is 11.7. The summed E-state index contributed by atoms with van der Waals surface area (Å²) in [4.78, 5) is 16.8. The normalized spacial score (nSPS) is 17.1. The molecule has 1 aromatic heterocycles. The monoisotopic (exact) mass is 316 g/mol. The van der Waals surface area contributed by atoms with Gasteiger partial charge in [0.15, 0.2) is 0 Å². The third kappa shape index (κ3) is 2.91. The van der Waals surface area contributed by atoms with Crippen LogP contribution in [0.25, 0.3) is 11.3 Å². The summed E-state index contributed by atoms with van der Waals surface area (Å²) >= 11 is 7.38. The molecule has 0 saturated heterocycles. The Morgan fingerprint density at radius 1 is 1.38 bits per heavy atom. The fraction of sp³-hybridized carbons (Fsp3) is 0.125. The van der Waals surface area contributed by atoms with E-state index in [0.29, 0.717) is 15.6 Å². The van der Waals surface area contributed by atoms with Crippen LogP contribution in [0.5, 0.6) is 0 Å². The summed E-state index contributed by atoms with van der Waals surface area (Å²) in [6, 6.07) is 7.30.